The summed E-state index contributed by atoms with van der Waals surface area (Å²) in [5, 5.41) is 3.85. The lowest BCUT2D eigenvalue weighted by atomic mass is 10.1. The molecule has 0 spiro atoms. The van der Waals surface area contributed by atoms with E-state index in [4.69, 9.17) is 19.9 Å². The minimum absolute atomic E-state index is 0.00401. The summed E-state index contributed by atoms with van der Waals surface area (Å²) in [6, 6.07) is 8.88. The number of anilines is 2. The fourth-order valence-corrected chi connectivity index (χ4v) is 6.66. The summed E-state index contributed by atoms with van der Waals surface area (Å²) in [6.45, 7) is 1.22. The Labute approximate surface area is 270 Å². The van der Waals surface area contributed by atoms with Crippen molar-refractivity contribution in [3.63, 3.8) is 0 Å². The van der Waals surface area contributed by atoms with Crippen LogP contribution in [-0.4, -0.2) is 65.4 Å². The van der Waals surface area contributed by atoms with Crippen molar-refractivity contribution >= 4 is 38.2 Å². The molecule has 0 atom stereocenters. The van der Waals surface area contributed by atoms with E-state index in [1.165, 1.54) is 47.4 Å². The maximum atomic E-state index is 14.0. The first-order valence-electron chi connectivity index (χ1n) is 14.6. The molecule has 2 aromatic carbocycles. The molecule has 3 aromatic heterocycles. The first-order valence-corrected chi connectivity index (χ1v) is 16.1. The van der Waals surface area contributed by atoms with E-state index in [1.54, 1.807) is 6.92 Å². The molecule has 1 fully saturated rings. The predicted molar refractivity (Wildman–Crippen MR) is 167 cm³/mol. The number of alkyl halides is 2. The second-order valence-electron chi connectivity index (χ2n) is 10.9. The van der Waals surface area contributed by atoms with Crippen LogP contribution in [0.3, 0.4) is 0 Å². The van der Waals surface area contributed by atoms with Crippen LogP contribution in [0.1, 0.15) is 34.5 Å². The summed E-state index contributed by atoms with van der Waals surface area (Å²) in [4.78, 5) is 20.6. The van der Waals surface area contributed by atoms with E-state index < -0.39 is 51.5 Å². The molecule has 48 heavy (non-hydrogen) atoms. The van der Waals surface area contributed by atoms with Gasteiger partial charge in [0.25, 0.3) is 6.43 Å². The number of aromatic nitrogens is 4. The number of H-pyrrole nitrogens is 1. The monoisotopic (exact) mass is 688 g/mol. The van der Waals surface area contributed by atoms with Crippen LogP contribution < -0.4 is 19.9 Å². The van der Waals surface area contributed by atoms with Crippen LogP contribution in [0.5, 0.6) is 17.4 Å². The first-order chi connectivity index (χ1) is 22.9. The number of hydrogen-bond donors (Lipinski definition) is 3. The maximum Gasteiger partial charge on any atom is 0.272 e. The zero-order valence-electron chi connectivity index (χ0n) is 25.2. The molecule has 252 valence electrons. The number of nitrogens with zero attached hydrogens (tertiary/aromatic N) is 3. The third-order valence-electron chi connectivity index (χ3n) is 7.65. The van der Waals surface area contributed by atoms with Crippen molar-refractivity contribution in [1.82, 2.24) is 19.7 Å². The highest BCUT2D eigenvalue weighted by Gasteiger charge is 2.29. The minimum atomic E-state index is -3.93. The van der Waals surface area contributed by atoms with Gasteiger partial charge in [-0.25, -0.2) is 35.6 Å². The molecule has 6 rings (SSSR count). The van der Waals surface area contributed by atoms with E-state index in [0.717, 1.165) is 12.1 Å². The van der Waals surface area contributed by atoms with Crippen LogP contribution in [0.4, 0.5) is 29.1 Å². The summed E-state index contributed by atoms with van der Waals surface area (Å²) in [7, 11) is -3.93. The van der Waals surface area contributed by atoms with Crippen molar-refractivity contribution < 1.29 is 45.0 Å². The number of carbonyl (C=O) groups excluding carboxylic acids is 1. The van der Waals surface area contributed by atoms with Gasteiger partial charge in [-0.1, -0.05) is 6.07 Å². The van der Waals surface area contributed by atoms with Crippen LogP contribution in [0, 0.1) is 18.6 Å². The van der Waals surface area contributed by atoms with Crippen LogP contribution in [0.2, 0.25) is 0 Å². The van der Waals surface area contributed by atoms with E-state index in [1.807, 2.05) is 0 Å². The van der Waals surface area contributed by atoms with Crippen LogP contribution in [0.15, 0.2) is 54.9 Å². The van der Waals surface area contributed by atoms with Crippen molar-refractivity contribution in [1.29, 1.82) is 0 Å². The Balaban J connectivity index is 1.27. The molecule has 0 bridgehead atoms. The Kier molecular flexibility index (Phi) is 8.98. The van der Waals surface area contributed by atoms with E-state index in [0.29, 0.717) is 22.2 Å². The lowest BCUT2D eigenvalue weighted by molar-refractivity contribution is 0.0823. The number of sulfonamides is 1. The smallest absolute Gasteiger partial charge is 0.272 e. The van der Waals surface area contributed by atoms with Gasteiger partial charge in [-0.3, -0.25) is 9.52 Å². The number of hydrogen-bond acceptors (Lipinski definition) is 9. The second kappa shape index (κ2) is 13.2. The van der Waals surface area contributed by atoms with Gasteiger partial charge in [-0.2, -0.15) is 5.10 Å². The molecular weight excluding hydrogens is 660 g/mol. The van der Waals surface area contributed by atoms with E-state index >= 15 is 0 Å². The average Bonchev–Trinajstić information content (AvgIpc) is 3.64. The second-order valence-corrected chi connectivity index (χ2v) is 12.9. The number of ketones is 1. The Hall–Kier alpha value is -5.16. The topological polar surface area (TPSA) is 163 Å². The van der Waals surface area contributed by atoms with Gasteiger partial charge >= 0.3 is 0 Å². The number of carbonyl (C=O) groups is 1. The first kappa shape index (κ1) is 32.8. The molecule has 4 N–H and O–H groups in total. The van der Waals surface area contributed by atoms with Gasteiger partial charge in [0.1, 0.15) is 18.2 Å². The quantitative estimate of drug-likeness (QED) is 0.120. The normalized spacial score (nSPS) is 14.0. The summed E-state index contributed by atoms with van der Waals surface area (Å²) in [5.74, 6) is -3.28. The largest absolute Gasteiger partial charge is 0.485 e. The van der Waals surface area contributed by atoms with E-state index in [2.05, 4.69) is 19.8 Å². The Morgan fingerprint density at radius 1 is 1.15 bits per heavy atom. The molecule has 0 saturated carbocycles. The molecule has 0 aliphatic carbocycles. The lowest BCUT2D eigenvalue weighted by Crippen LogP contribution is -2.33. The Bertz CT molecular complexity index is 2090. The predicted octanol–water partition coefficient (Wildman–Crippen LogP) is 5.51. The van der Waals surface area contributed by atoms with Crippen molar-refractivity contribution in [2.75, 3.05) is 30.3 Å². The SMILES string of the molecule is Cc1cc(Oc2c(F)cccc2F)ncc1-n1ncc(C(=O)c2cc3cc(OCC(F)F)c(NS(=O)(=O)C4CCOCC4)cc3[nH]2)c1N. The fraction of sp³-hybridized carbons (Fsp3) is 0.258. The van der Waals surface area contributed by atoms with Gasteiger partial charge < -0.3 is 24.9 Å². The zero-order chi connectivity index (χ0) is 34.2. The average molecular weight is 689 g/mol. The van der Waals surface area contributed by atoms with Gasteiger partial charge in [0, 0.05) is 30.2 Å². The van der Waals surface area contributed by atoms with E-state index in [9.17, 15) is 30.8 Å². The van der Waals surface area contributed by atoms with Crippen molar-refractivity contribution in [2.24, 2.45) is 0 Å². The number of aromatic amines is 1. The zero-order valence-corrected chi connectivity index (χ0v) is 26.0. The summed E-state index contributed by atoms with van der Waals surface area (Å²) in [5.41, 5.74) is 7.48. The number of nitrogen functional groups attached to an aromatic ring is 1. The van der Waals surface area contributed by atoms with Gasteiger partial charge in [0.2, 0.25) is 27.4 Å². The Morgan fingerprint density at radius 2 is 1.88 bits per heavy atom. The molecule has 0 unspecified atom stereocenters. The third-order valence-corrected chi connectivity index (χ3v) is 9.51. The number of nitrogens with one attached hydrogen (secondary N) is 2. The van der Waals surface area contributed by atoms with Gasteiger partial charge in [-0.15, -0.1) is 0 Å². The molecule has 1 aliphatic heterocycles. The van der Waals surface area contributed by atoms with E-state index in [-0.39, 0.29) is 60.4 Å². The van der Waals surface area contributed by atoms with Gasteiger partial charge in [0.05, 0.1) is 40.3 Å². The number of rotatable bonds is 11. The molecule has 1 aliphatic rings. The molecule has 1 saturated heterocycles. The highest BCUT2D eigenvalue weighted by molar-refractivity contribution is 7.93. The Morgan fingerprint density at radius 3 is 2.56 bits per heavy atom. The number of aryl methyl sites for hydroxylation is 1. The summed E-state index contributed by atoms with van der Waals surface area (Å²) < 4.78 is 99.8. The molecule has 0 amide bonds. The van der Waals surface area contributed by atoms with Crippen molar-refractivity contribution in [2.45, 2.75) is 31.4 Å². The standard InChI is InChI=1S/C31H28F4N6O6S/c1-16-9-28(47-30-20(32)3-2-4-21(30)33)37-14-25(16)41-31(36)19(13-38-41)29(42)24-10-17-11-26(46-15-27(34)35)23(12-22(17)39-24)40-48(43,44)18-5-7-45-8-6-18/h2-4,9-14,18,27,39-40H,5-8,15,36H2,1H3. The number of ether oxygens (including phenoxy) is 3. The van der Waals surface area contributed by atoms with Crippen LogP contribution >= 0.6 is 0 Å². The highest BCUT2D eigenvalue weighted by atomic mass is 32.2. The number of benzene rings is 2. The lowest BCUT2D eigenvalue weighted by Gasteiger charge is -2.23. The summed E-state index contributed by atoms with van der Waals surface area (Å²) >= 11 is 0. The molecule has 5 aromatic rings. The minimum Gasteiger partial charge on any atom is -0.485 e. The maximum absolute atomic E-state index is 14.0. The molecule has 17 heteroatoms. The molecule has 0 radical (unpaired) electrons. The number of pyridine rings is 1. The van der Waals surface area contributed by atoms with Gasteiger partial charge in [0.15, 0.2) is 11.6 Å². The van der Waals surface area contributed by atoms with Crippen molar-refractivity contribution in [3.8, 4) is 23.1 Å². The third kappa shape index (κ3) is 6.64. The van der Waals surface area contributed by atoms with Crippen LogP contribution in [0.25, 0.3) is 16.6 Å². The molecular formula is C31H28F4N6O6S. The number of fused-ring (bicyclic) bond motifs is 1. The fourth-order valence-electron chi connectivity index (χ4n) is 5.21. The van der Waals surface area contributed by atoms with Crippen molar-refractivity contribution in [3.05, 3.63) is 83.3 Å². The molecule has 4 heterocycles. The molecule has 12 nitrogen and oxygen atoms in total. The highest BCUT2D eigenvalue weighted by Crippen LogP contribution is 2.34. The number of nitrogens with two attached hydrogens (primary N) is 1. The number of halogens is 4. The van der Waals surface area contributed by atoms with Gasteiger partial charge in [-0.05, 0) is 55.7 Å². The number of para-hydroxylation sites is 1. The summed E-state index contributed by atoms with van der Waals surface area (Å²) in [6.07, 6.45) is 0.269. The van der Waals surface area contributed by atoms with Crippen LogP contribution in [-0.2, 0) is 14.8 Å².